The van der Waals surface area contributed by atoms with Crippen LogP contribution in [0.1, 0.15) is 0 Å². The summed E-state index contributed by atoms with van der Waals surface area (Å²) in [7, 11) is 0. The average Bonchev–Trinajstić information content (AvgIpc) is 1.88. The molecule has 0 spiro atoms. The molecular weight excluding hydrogens is 209 g/mol. The predicted molar refractivity (Wildman–Crippen MR) is 49.7 cm³/mol. The van der Waals surface area contributed by atoms with Gasteiger partial charge in [-0.15, -0.1) is 0 Å². The van der Waals surface area contributed by atoms with Crippen LogP contribution in [-0.2, 0) is 0 Å². The van der Waals surface area contributed by atoms with Crippen LogP contribution >= 0.6 is 40.7 Å². The van der Waals surface area contributed by atoms with Crippen LogP contribution in [0.2, 0.25) is 5.02 Å². The third-order valence-electron chi connectivity index (χ3n) is 1.03. The van der Waals surface area contributed by atoms with E-state index in [-0.39, 0.29) is 0 Å². The Morgan fingerprint density at radius 2 is 1.70 bits per heavy atom. The molecule has 1 rings (SSSR count). The van der Waals surface area contributed by atoms with Crippen molar-refractivity contribution in [2.75, 3.05) is 0 Å². The Kier molecular flexibility index (Phi) is 3.26. The molecule has 0 bridgehead atoms. The summed E-state index contributed by atoms with van der Waals surface area (Å²) in [5.74, 6) is 0. The van der Waals surface area contributed by atoms with Gasteiger partial charge in [0.2, 0.25) is 0 Å². The van der Waals surface area contributed by atoms with Crippen LogP contribution in [-0.4, -0.2) is 0 Å². The fourth-order valence-corrected chi connectivity index (χ4v) is 2.56. The average molecular weight is 213 g/mol. The quantitative estimate of drug-likeness (QED) is 0.623. The molecule has 0 fully saturated rings. The van der Waals surface area contributed by atoms with E-state index in [0.717, 1.165) is 5.30 Å². The van der Waals surface area contributed by atoms with Crippen LogP contribution < -0.4 is 5.30 Å². The summed E-state index contributed by atoms with van der Waals surface area (Å²) < 4.78 is 0. The lowest BCUT2D eigenvalue weighted by Gasteiger charge is -2.01. The Morgan fingerprint density at radius 3 is 2.10 bits per heavy atom. The molecule has 0 unspecified atom stereocenters. The molecule has 4 heteroatoms. The Hall–Kier alpha value is 0.520. The summed E-state index contributed by atoms with van der Waals surface area (Å²) in [5, 5.41) is 1.46. The van der Waals surface area contributed by atoms with E-state index in [2.05, 4.69) is 0 Å². The molecule has 0 saturated carbocycles. The first-order valence-electron chi connectivity index (χ1n) is 2.58. The molecule has 0 radical (unpaired) electrons. The minimum Gasteiger partial charge on any atom is -0.0836 e. The minimum atomic E-state index is -1.10. The lowest BCUT2D eigenvalue weighted by molar-refractivity contribution is 1.77. The third-order valence-corrected chi connectivity index (χ3v) is 3.34. The lowest BCUT2D eigenvalue weighted by atomic mass is 10.4. The number of halogens is 3. The van der Waals surface area contributed by atoms with Gasteiger partial charge in [-0.2, -0.15) is 0 Å². The van der Waals surface area contributed by atoms with Crippen molar-refractivity contribution >= 4 is 46.0 Å². The molecule has 0 aromatic heterocycles. The highest BCUT2D eigenvalue weighted by molar-refractivity contribution is 8.09. The normalized spacial score (nSPS) is 10.4. The monoisotopic (exact) mass is 212 g/mol. The molecule has 0 N–H and O–H groups in total. The van der Waals surface area contributed by atoms with Gasteiger partial charge in [-0.05, 0) is 6.07 Å². The van der Waals surface area contributed by atoms with E-state index in [0.29, 0.717) is 5.02 Å². The van der Waals surface area contributed by atoms with E-state index < -0.39 is 6.63 Å². The highest BCUT2D eigenvalue weighted by Gasteiger charge is 2.06. The van der Waals surface area contributed by atoms with Crippen LogP contribution in [0, 0.1) is 0 Å². The zero-order valence-electron chi connectivity index (χ0n) is 4.89. The van der Waals surface area contributed by atoms with Gasteiger partial charge in [-0.3, -0.25) is 0 Å². The molecule has 0 amide bonds. The first-order valence-corrected chi connectivity index (χ1v) is 6.11. The van der Waals surface area contributed by atoms with Crippen molar-refractivity contribution in [1.82, 2.24) is 0 Å². The Bertz CT molecular complexity index is 224. The van der Waals surface area contributed by atoms with Crippen LogP contribution in [0.15, 0.2) is 24.3 Å². The Morgan fingerprint density at radius 1 is 1.10 bits per heavy atom. The van der Waals surface area contributed by atoms with E-state index in [4.69, 9.17) is 34.1 Å². The van der Waals surface area contributed by atoms with E-state index in [1.807, 2.05) is 18.2 Å². The van der Waals surface area contributed by atoms with Crippen molar-refractivity contribution < 1.29 is 0 Å². The molecule has 0 atom stereocenters. The topological polar surface area (TPSA) is 0 Å². The van der Waals surface area contributed by atoms with E-state index in [1.165, 1.54) is 0 Å². The summed E-state index contributed by atoms with van der Waals surface area (Å²) >= 11 is 17.1. The van der Waals surface area contributed by atoms with E-state index in [1.54, 1.807) is 6.07 Å². The lowest BCUT2D eigenvalue weighted by Crippen LogP contribution is -1.94. The second-order valence-electron chi connectivity index (χ2n) is 1.68. The molecular formula is C6H4Cl3P. The fourth-order valence-electron chi connectivity index (χ4n) is 0.589. The Balaban J connectivity index is 3.03. The predicted octanol–water partition coefficient (Wildman–Crippen LogP) is 3.75. The van der Waals surface area contributed by atoms with Gasteiger partial charge < -0.3 is 0 Å². The summed E-state index contributed by atoms with van der Waals surface area (Å²) in [5.41, 5.74) is 0. The molecule has 10 heavy (non-hydrogen) atoms. The van der Waals surface area contributed by atoms with Crippen LogP contribution in [0.25, 0.3) is 0 Å². The number of rotatable bonds is 1. The van der Waals surface area contributed by atoms with Gasteiger partial charge in [0.05, 0.1) is 5.02 Å². The highest BCUT2D eigenvalue weighted by Crippen LogP contribution is 2.46. The number of benzene rings is 1. The van der Waals surface area contributed by atoms with Gasteiger partial charge in [0.1, 0.15) is 6.63 Å². The fraction of sp³-hybridized carbons (Fsp3) is 0. The maximum atomic E-state index is 5.77. The molecule has 0 aliphatic heterocycles. The third kappa shape index (κ3) is 2.00. The van der Waals surface area contributed by atoms with Gasteiger partial charge in [-0.1, -0.05) is 52.3 Å². The summed E-state index contributed by atoms with van der Waals surface area (Å²) in [6, 6.07) is 7.31. The van der Waals surface area contributed by atoms with E-state index in [9.17, 15) is 0 Å². The van der Waals surface area contributed by atoms with Gasteiger partial charge in [0.25, 0.3) is 0 Å². The minimum absolute atomic E-state index is 0.638. The standard InChI is InChI=1S/C6H4Cl3P/c7-5-3-1-2-4-6(5)10(8)9/h1-4H. The SMILES string of the molecule is Clc1ccccc1P(Cl)Cl. The Labute approximate surface area is 75.4 Å². The van der Waals surface area contributed by atoms with Crippen molar-refractivity contribution in [2.24, 2.45) is 0 Å². The molecule has 1 aromatic rings. The molecule has 0 aliphatic rings. The summed E-state index contributed by atoms with van der Waals surface area (Å²) in [4.78, 5) is 0. The van der Waals surface area contributed by atoms with Crippen LogP contribution in [0.4, 0.5) is 0 Å². The molecule has 0 saturated heterocycles. The van der Waals surface area contributed by atoms with Gasteiger partial charge in [-0.25, -0.2) is 0 Å². The second kappa shape index (κ2) is 3.78. The van der Waals surface area contributed by atoms with Gasteiger partial charge >= 0.3 is 0 Å². The zero-order valence-corrected chi connectivity index (χ0v) is 8.05. The van der Waals surface area contributed by atoms with Crippen molar-refractivity contribution in [3.63, 3.8) is 0 Å². The van der Waals surface area contributed by atoms with E-state index >= 15 is 0 Å². The van der Waals surface area contributed by atoms with Crippen molar-refractivity contribution in [3.8, 4) is 0 Å². The van der Waals surface area contributed by atoms with Crippen LogP contribution in [0.3, 0.4) is 0 Å². The molecule has 0 aliphatic carbocycles. The number of hydrogen-bond acceptors (Lipinski definition) is 0. The maximum absolute atomic E-state index is 5.77. The van der Waals surface area contributed by atoms with Crippen molar-refractivity contribution in [2.45, 2.75) is 0 Å². The van der Waals surface area contributed by atoms with Crippen molar-refractivity contribution in [1.29, 1.82) is 0 Å². The zero-order chi connectivity index (χ0) is 7.56. The second-order valence-corrected chi connectivity index (χ2v) is 5.59. The molecule has 54 valence electrons. The highest BCUT2D eigenvalue weighted by atomic mass is 35.9. The smallest absolute Gasteiger partial charge is 0.0836 e. The van der Waals surface area contributed by atoms with Crippen molar-refractivity contribution in [3.05, 3.63) is 29.3 Å². The molecule has 0 heterocycles. The molecule has 0 nitrogen and oxygen atoms in total. The van der Waals surface area contributed by atoms with Crippen LogP contribution in [0.5, 0.6) is 0 Å². The largest absolute Gasteiger partial charge is 0.118 e. The maximum Gasteiger partial charge on any atom is 0.118 e. The first kappa shape index (κ1) is 8.62. The molecule has 1 aromatic carbocycles. The summed E-state index contributed by atoms with van der Waals surface area (Å²) in [6.07, 6.45) is 0. The van der Waals surface area contributed by atoms with Gasteiger partial charge in [0.15, 0.2) is 0 Å². The number of hydrogen-bond donors (Lipinski definition) is 0. The first-order chi connectivity index (χ1) is 4.72. The van der Waals surface area contributed by atoms with Gasteiger partial charge in [0, 0.05) is 5.30 Å². The summed E-state index contributed by atoms with van der Waals surface area (Å²) in [6.45, 7) is -1.10.